The van der Waals surface area contributed by atoms with Crippen LogP contribution >= 0.6 is 0 Å². The minimum atomic E-state index is -0.675. The average molecular weight is 334 g/mol. The van der Waals surface area contributed by atoms with E-state index in [0.717, 1.165) is 4.90 Å². The Kier molecular flexibility index (Phi) is 5.35. The number of likely N-dealkylation sites (N-methyl/N-ethyl adjacent to an activating group) is 1. The Morgan fingerprint density at radius 3 is 2.38 bits per heavy atom. The van der Waals surface area contributed by atoms with Gasteiger partial charge < -0.3 is 9.64 Å². The van der Waals surface area contributed by atoms with E-state index in [-0.39, 0.29) is 6.54 Å². The highest BCUT2D eigenvalue weighted by molar-refractivity contribution is 6.04. The van der Waals surface area contributed by atoms with Crippen molar-refractivity contribution in [1.82, 2.24) is 20.7 Å². The van der Waals surface area contributed by atoms with Crippen molar-refractivity contribution in [2.24, 2.45) is 0 Å². The molecule has 2 rings (SSSR count). The molecule has 1 fully saturated rings. The Morgan fingerprint density at radius 1 is 1.17 bits per heavy atom. The van der Waals surface area contributed by atoms with Crippen LogP contribution in [-0.2, 0) is 9.59 Å². The first-order chi connectivity index (χ1) is 11.4. The molecule has 0 bridgehead atoms. The maximum atomic E-state index is 11.9. The zero-order valence-electron chi connectivity index (χ0n) is 13.4. The van der Waals surface area contributed by atoms with Crippen LogP contribution in [0.5, 0.6) is 5.75 Å². The number of ether oxygens (including phenoxy) is 1. The summed E-state index contributed by atoms with van der Waals surface area (Å²) in [6.45, 7) is 1.85. The number of nitrogens with one attached hydrogen (secondary N) is 2. The first-order valence-electron chi connectivity index (χ1n) is 7.30. The third kappa shape index (κ3) is 4.00. The highest BCUT2D eigenvalue weighted by Crippen LogP contribution is 2.11. The van der Waals surface area contributed by atoms with Gasteiger partial charge >= 0.3 is 6.03 Å². The minimum absolute atomic E-state index is 0.0648. The van der Waals surface area contributed by atoms with Crippen molar-refractivity contribution in [3.63, 3.8) is 0 Å². The van der Waals surface area contributed by atoms with Gasteiger partial charge in [0.2, 0.25) is 0 Å². The molecule has 5 amide bonds. The number of rotatable bonds is 5. The van der Waals surface area contributed by atoms with Crippen LogP contribution in [0.25, 0.3) is 0 Å². The van der Waals surface area contributed by atoms with Crippen molar-refractivity contribution < 1.29 is 23.9 Å². The molecule has 0 aliphatic carbocycles. The fourth-order valence-corrected chi connectivity index (χ4v) is 2.08. The summed E-state index contributed by atoms with van der Waals surface area (Å²) in [5.41, 5.74) is 4.72. The first-order valence-corrected chi connectivity index (χ1v) is 7.30. The van der Waals surface area contributed by atoms with Crippen molar-refractivity contribution in [2.75, 3.05) is 26.7 Å². The van der Waals surface area contributed by atoms with Gasteiger partial charge in [-0.3, -0.25) is 30.1 Å². The molecule has 128 valence electrons. The second-order valence-electron chi connectivity index (χ2n) is 5.08. The third-order valence-electron chi connectivity index (χ3n) is 3.28. The van der Waals surface area contributed by atoms with Gasteiger partial charge in [0, 0.05) is 12.6 Å². The molecule has 2 N–H and O–H groups in total. The lowest BCUT2D eigenvalue weighted by Gasteiger charge is -2.14. The van der Waals surface area contributed by atoms with Crippen molar-refractivity contribution in [3.05, 3.63) is 29.8 Å². The van der Waals surface area contributed by atoms with E-state index in [2.05, 4.69) is 10.9 Å². The van der Waals surface area contributed by atoms with E-state index < -0.39 is 30.3 Å². The Morgan fingerprint density at radius 2 is 1.83 bits per heavy atom. The largest absolute Gasteiger partial charge is 0.494 e. The van der Waals surface area contributed by atoms with Gasteiger partial charge in [-0.15, -0.1) is 0 Å². The number of nitrogens with zero attached hydrogens (tertiary/aromatic N) is 2. The highest BCUT2D eigenvalue weighted by Gasteiger charge is 2.34. The van der Waals surface area contributed by atoms with E-state index in [9.17, 15) is 19.2 Å². The molecule has 0 saturated carbocycles. The first kappa shape index (κ1) is 17.3. The van der Waals surface area contributed by atoms with E-state index in [1.807, 2.05) is 6.92 Å². The minimum Gasteiger partial charge on any atom is -0.494 e. The van der Waals surface area contributed by atoms with Gasteiger partial charge in [0.25, 0.3) is 17.7 Å². The Balaban J connectivity index is 1.84. The van der Waals surface area contributed by atoms with Gasteiger partial charge in [-0.05, 0) is 31.2 Å². The second kappa shape index (κ2) is 7.44. The molecule has 1 aliphatic rings. The topological polar surface area (TPSA) is 108 Å². The number of hydrogen-bond donors (Lipinski definition) is 2. The van der Waals surface area contributed by atoms with Crippen LogP contribution in [-0.4, -0.2) is 60.3 Å². The van der Waals surface area contributed by atoms with E-state index in [1.165, 1.54) is 11.9 Å². The van der Waals surface area contributed by atoms with Crippen LogP contribution in [0, 0.1) is 0 Å². The van der Waals surface area contributed by atoms with Crippen molar-refractivity contribution in [2.45, 2.75) is 6.92 Å². The average Bonchev–Trinajstić information content (AvgIpc) is 2.80. The molecule has 9 heteroatoms. The Bertz CT molecular complexity index is 658. The summed E-state index contributed by atoms with van der Waals surface area (Å²) in [4.78, 5) is 48.9. The lowest BCUT2D eigenvalue weighted by Crippen LogP contribution is -2.47. The van der Waals surface area contributed by atoms with Crippen molar-refractivity contribution in [3.8, 4) is 5.75 Å². The normalized spacial score (nSPS) is 13.9. The molecule has 1 aromatic rings. The van der Waals surface area contributed by atoms with E-state index in [0.29, 0.717) is 17.9 Å². The summed E-state index contributed by atoms with van der Waals surface area (Å²) >= 11 is 0. The fourth-order valence-electron chi connectivity index (χ4n) is 2.08. The lowest BCUT2D eigenvalue weighted by atomic mass is 10.2. The molecule has 1 aromatic carbocycles. The van der Waals surface area contributed by atoms with Crippen LogP contribution in [0.15, 0.2) is 24.3 Å². The summed E-state index contributed by atoms with van der Waals surface area (Å²) in [6, 6.07) is 5.83. The summed E-state index contributed by atoms with van der Waals surface area (Å²) < 4.78 is 5.27. The van der Waals surface area contributed by atoms with Crippen LogP contribution in [0.2, 0.25) is 0 Å². The molecule has 1 saturated heterocycles. The molecule has 24 heavy (non-hydrogen) atoms. The number of amides is 5. The summed E-state index contributed by atoms with van der Waals surface area (Å²) in [7, 11) is 1.46. The van der Waals surface area contributed by atoms with E-state index >= 15 is 0 Å². The molecule has 0 radical (unpaired) electrons. The maximum Gasteiger partial charge on any atom is 0.327 e. The van der Waals surface area contributed by atoms with Gasteiger partial charge in [-0.2, -0.15) is 0 Å². The molecular weight excluding hydrogens is 316 g/mol. The molecule has 1 aliphatic heterocycles. The highest BCUT2D eigenvalue weighted by atomic mass is 16.5. The quantitative estimate of drug-likeness (QED) is 0.570. The standard InChI is InChI=1S/C15H18N4O5/c1-3-24-11-6-4-10(5-7-11)14(22)17-16-12(20)8-19-13(21)9-18(2)15(19)23/h4-7H,3,8-9H2,1-2H3,(H,16,20)(H,17,22). The predicted molar refractivity (Wildman–Crippen MR) is 83.0 cm³/mol. The Labute approximate surface area is 138 Å². The van der Waals surface area contributed by atoms with Crippen LogP contribution in [0.1, 0.15) is 17.3 Å². The molecule has 0 aromatic heterocycles. The monoisotopic (exact) mass is 334 g/mol. The van der Waals surface area contributed by atoms with Crippen LogP contribution in [0.3, 0.4) is 0 Å². The summed E-state index contributed by atoms with van der Waals surface area (Å²) in [5.74, 6) is -1.03. The van der Waals surface area contributed by atoms with Gasteiger partial charge in [0.15, 0.2) is 0 Å². The van der Waals surface area contributed by atoms with Crippen molar-refractivity contribution in [1.29, 1.82) is 0 Å². The molecule has 0 spiro atoms. The number of hydrazine groups is 1. The predicted octanol–water partition coefficient (Wildman–Crippen LogP) is -0.260. The maximum absolute atomic E-state index is 11.9. The molecular formula is C15H18N4O5. The third-order valence-corrected chi connectivity index (χ3v) is 3.28. The summed E-state index contributed by atoms with van der Waals surface area (Å²) in [5, 5.41) is 0. The van der Waals surface area contributed by atoms with E-state index in [1.54, 1.807) is 24.3 Å². The number of benzene rings is 1. The molecule has 1 heterocycles. The number of imide groups is 1. The van der Waals surface area contributed by atoms with E-state index in [4.69, 9.17) is 4.74 Å². The zero-order chi connectivity index (χ0) is 17.7. The number of urea groups is 1. The molecule has 9 nitrogen and oxygen atoms in total. The molecule has 0 unspecified atom stereocenters. The smallest absolute Gasteiger partial charge is 0.327 e. The van der Waals surface area contributed by atoms with Crippen molar-refractivity contribution >= 4 is 23.8 Å². The van der Waals surface area contributed by atoms with Crippen LogP contribution in [0.4, 0.5) is 4.79 Å². The molecule has 0 atom stereocenters. The summed E-state index contributed by atoms with van der Waals surface area (Å²) in [6.07, 6.45) is 0. The fraction of sp³-hybridized carbons (Fsp3) is 0.333. The number of carbonyl (C=O) groups excluding carboxylic acids is 4. The SMILES string of the molecule is CCOc1ccc(C(=O)NNC(=O)CN2C(=O)CN(C)C2=O)cc1. The number of carbonyl (C=O) groups is 4. The lowest BCUT2D eigenvalue weighted by molar-refractivity contribution is -0.131. The zero-order valence-corrected chi connectivity index (χ0v) is 13.4. The van der Waals surface area contributed by atoms with Crippen LogP contribution < -0.4 is 15.6 Å². The van der Waals surface area contributed by atoms with Gasteiger partial charge in [0.05, 0.1) is 6.61 Å². The number of hydrogen-bond acceptors (Lipinski definition) is 5. The van der Waals surface area contributed by atoms with Gasteiger partial charge in [0.1, 0.15) is 18.8 Å². The van der Waals surface area contributed by atoms with Gasteiger partial charge in [-0.1, -0.05) is 0 Å². The Hall–Kier alpha value is -3.10. The second-order valence-corrected chi connectivity index (χ2v) is 5.08. The van der Waals surface area contributed by atoms with Gasteiger partial charge in [-0.25, -0.2) is 4.79 Å².